The molecule has 0 spiro atoms. The zero-order valence-electron chi connectivity index (χ0n) is 6.85. The van der Waals surface area contributed by atoms with Crippen LogP contribution in [0, 0.1) is 11.8 Å². The largest absolute Gasteiger partial charge is 0.384 e. The summed E-state index contributed by atoms with van der Waals surface area (Å²) >= 11 is 11.5. The molecule has 0 aromatic heterocycles. The normalized spacial score (nSPS) is 9.15. The van der Waals surface area contributed by atoms with E-state index >= 15 is 0 Å². The fourth-order valence-corrected chi connectivity index (χ4v) is 1.37. The smallest absolute Gasteiger partial charge is 0.104 e. The van der Waals surface area contributed by atoms with Crippen molar-refractivity contribution in [3.63, 3.8) is 0 Å². The van der Waals surface area contributed by atoms with Gasteiger partial charge in [0.25, 0.3) is 0 Å². The third kappa shape index (κ3) is 2.93. The molecule has 68 valence electrons. The van der Waals surface area contributed by atoms with Crippen LogP contribution in [0.3, 0.4) is 0 Å². The van der Waals surface area contributed by atoms with Crippen LogP contribution in [0.15, 0.2) is 18.2 Å². The monoisotopic (exact) mass is 214 g/mol. The van der Waals surface area contributed by atoms with Gasteiger partial charge in [-0.2, -0.15) is 0 Å². The molecule has 0 unspecified atom stereocenters. The van der Waals surface area contributed by atoms with Gasteiger partial charge in [-0.15, -0.1) is 11.6 Å². The number of rotatable bonds is 1. The number of alkyl halides is 1. The van der Waals surface area contributed by atoms with Gasteiger partial charge in [0.1, 0.15) is 6.61 Å². The molecule has 0 aliphatic carbocycles. The molecule has 1 aromatic carbocycles. The van der Waals surface area contributed by atoms with Crippen LogP contribution in [-0.2, 0) is 5.88 Å². The van der Waals surface area contributed by atoms with Crippen LogP contribution in [0.2, 0.25) is 5.02 Å². The van der Waals surface area contributed by atoms with E-state index in [1.165, 1.54) is 0 Å². The summed E-state index contributed by atoms with van der Waals surface area (Å²) in [4.78, 5) is 0. The average Bonchev–Trinajstić information content (AvgIpc) is 2.16. The van der Waals surface area contributed by atoms with Crippen molar-refractivity contribution in [3.8, 4) is 11.8 Å². The second-order valence-electron chi connectivity index (χ2n) is 2.40. The second-order valence-corrected chi connectivity index (χ2v) is 3.07. The minimum Gasteiger partial charge on any atom is -0.384 e. The lowest BCUT2D eigenvalue weighted by Crippen LogP contribution is -1.83. The summed E-state index contributed by atoms with van der Waals surface area (Å²) in [5, 5.41) is 9.13. The van der Waals surface area contributed by atoms with Crippen LogP contribution in [-0.4, -0.2) is 11.7 Å². The summed E-state index contributed by atoms with van der Waals surface area (Å²) < 4.78 is 0. The Kier molecular flexibility index (Phi) is 4.11. The standard InChI is InChI=1S/C10H8Cl2O/c11-7-9-6-8(2-1-5-13)3-4-10(9)12/h3-4,6,13H,5,7H2. The van der Waals surface area contributed by atoms with Crippen molar-refractivity contribution in [2.75, 3.05) is 6.61 Å². The van der Waals surface area contributed by atoms with Gasteiger partial charge in [0.2, 0.25) is 0 Å². The first-order valence-electron chi connectivity index (χ1n) is 3.72. The first kappa shape index (κ1) is 10.4. The van der Waals surface area contributed by atoms with Gasteiger partial charge in [0.05, 0.1) is 0 Å². The van der Waals surface area contributed by atoms with Gasteiger partial charge in [-0.05, 0) is 23.8 Å². The number of benzene rings is 1. The highest BCUT2D eigenvalue weighted by Gasteiger charge is 1.98. The Morgan fingerprint density at radius 3 is 2.77 bits per heavy atom. The minimum atomic E-state index is -0.140. The molecule has 0 radical (unpaired) electrons. The van der Waals surface area contributed by atoms with E-state index < -0.39 is 0 Å². The number of hydrogen-bond acceptors (Lipinski definition) is 1. The highest BCUT2D eigenvalue weighted by Crippen LogP contribution is 2.18. The number of aliphatic hydroxyl groups excluding tert-OH is 1. The van der Waals surface area contributed by atoms with Gasteiger partial charge in [-0.25, -0.2) is 0 Å². The highest BCUT2D eigenvalue weighted by molar-refractivity contribution is 6.32. The Hall–Kier alpha value is -0.680. The maximum atomic E-state index is 8.48. The van der Waals surface area contributed by atoms with Crippen LogP contribution < -0.4 is 0 Å². The molecule has 0 heterocycles. The Morgan fingerprint density at radius 2 is 2.15 bits per heavy atom. The zero-order chi connectivity index (χ0) is 9.68. The van der Waals surface area contributed by atoms with E-state index in [4.69, 9.17) is 28.3 Å². The zero-order valence-corrected chi connectivity index (χ0v) is 8.36. The lowest BCUT2D eigenvalue weighted by molar-refractivity contribution is 0.350. The molecule has 0 amide bonds. The molecule has 1 nitrogen and oxygen atoms in total. The first-order chi connectivity index (χ1) is 6.27. The number of hydrogen-bond donors (Lipinski definition) is 1. The van der Waals surface area contributed by atoms with Crippen molar-refractivity contribution in [1.82, 2.24) is 0 Å². The van der Waals surface area contributed by atoms with Crippen molar-refractivity contribution in [1.29, 1.82) is 0 Å². The van der Waals surface area contributed by atoms with E-state index in [0.717, 1.165) is 11.1 Å². The second kappa shape index (κ2) is 5.14. The molecule has 0 atom stereocenters. The van der Waals surface area contributed by atoms with Crippen molar-refractivity contribution >= 4 is 23.2 Å². The van der Waals surface area contributed by atoms with Crippen molar-refractivity contribution in [3.05, 3.63) is 34.3 Å². The molecule has 1 aromatic rings. The van der Waals surface area contributed by atoms with Gasteiger partial charge < -0.3 is 5.11 Å². The predicted molar refractivity (Wildman–Crippen MR) is 55.0 cm³/mol. The summed E-state index contributed by atoms with van der Waals surface area (Å²) in [5.74, 6) is 5.70. The van der Waals surface area contributed by atoms with E-state index in [9.17, 15) is 0 Å². The highest BCUT2D eigenvalue weighted by atomic mass is 35.5. The van der Waals surface area contributed by atoms with Gasteiger partial charge in [0, 0.05) is 16.5 Å². The van der Waals surface area contributed by atoms with Gasteiger partial charge in [0.15, 0.2) is 0 Å². The SMILES string of the molecule is OCC#Cc1ccc(Cl)c(CCl)c1. The third-order valence-corrected chi connectivity index (χ3v) is 2.16. The molecule has 1 N–H and O–H groups in total. The maximum Gasteiger partial charge on any atom is 0.104 e. The summed E-state index contributed by atoms with van der Waals surface area (Å²) in [6.07, 6.45) is 0. The molecule has 1 rings (SSSR count). The Bertz CT molecular complexity index is 350. The van der Waals surface area contributed by atoms with Gasteiger partial charge >= 0.3 is 0 Å². The molecule has 0 bridgehead atoms. The van der Waals surface area contributed by atoms with Crippen molar-refractivity contribution in [2.24, 2.45) is 0 Å². The predicted octanol–water partition coefficient (Wildman–Crippen LogP) is 2.42. The van der Waals surface area contributed by atoms with Gasteiger partial charge in [-0.3, -0.25) is 0 Å². The van der Waals surface area contributed by atoms with E-state index in [-0.39, 0.29) is 6.61 Å². The van der Waals surface area contributed by atoms with Crippen LogP contribution in [0.1, 0.15) is 11.1 Å². The molecule has 13 heavy (non-hydrogen) atoms. The summed E-state index contributed by atoms with van der Waals surface area (Å²) in [5.41, 5.74) is 1.67. The minimum absolute atomic E-state index is 0.140. The Balaban J connectivity index is 2.99. The van der Waals surface area contributed by atoms with E-state index in [0.29, 0.717) is 10.9 Å². The Morgan fingerprint density at radius 1 is 1.38 bits per heavy atom. The van der Waals surface area contributed by atoms with Crippen molar-refractivity contribution < 1.29 is 5.11 Å². The molecule has 0 aliphatic rings. The lowest BCUT2D eigenvalue weighted by atomic mass is 10.1. The fourth-order valence-electron chi connectivity index (χ4n) is 0.896. The molecule has 0 aliphatic heterocycles. The van der Waals surface area contributed by atoms with E-state index in [1.807, 2.05) is 6.07 Å². The van der Waals surface area contributed by atoms with E-state index in [2.05, 4.69) is 11.8 Å². The average molecular weight is 215 g/mol. The van der Waals surface area contributed by atoms with Crippen LogP contribution in [0.4, 0.5) is 0 Å². The van der Waals surface area contributed by atoms with Crippen LogP contribution in [0.25, 0.3) is 0 Å². The number of halogens is 2. The van der Waals surface area contributed by atoms with E-state index in [1.54, 1.807) is 12.1 Å². The Labute approximate surface area is 87.3 Å². The quantitative estimate of drug-likeness (QED) is 0.563. The summed E-state index contributed by atoms with van der Waals surface area (Å²) in [6, 6.07) is 5.36. The molecule has 0 saturated carbocycles. The third-order valence-electron chi connectivity index (χ3n) is 1.50. The molecule has 0 saturated heterocycles. The first-order valence-corrected chi connectivity index (χ1v) is 4.63. The fraction of sp³-hybridized carbons (Fsp3) is 0.200. The topological polar surface area (TPSA) is 20.2 Å². The summed E-state index contributed by atoms with van der Waals surface area (Å²) in [7, 11) is 0. The van der Waals surface area contributed by atoms with Crippen LogP contribution >= 0.6 is 23.2 Å². The van der Waals surface area contributed by atoms with Gasteiger partial charge in [-0.1, -0.05) is 23.4 Å². The lowest BCUT2D eigenvalue weighted by Gasteiger charge is -1.99. The number of aliphatic hydroxyl groups is 1. The van der Waals surface area contributed by atoms with Crippen LogP contribution in [0.5, 0.6) is 0 Å². The summed E-state index contributed by atoms with van der Waals surface area (Å²) in [6.45, 7) is -0.140. The molecule has 0 fully saturated rings. The molecular formula is C10H8Cl2O. The molecular weight excluding hydrogens is 207 g/mol. The molecule has 3 heteroatoms. The maximum absolute atomic E-state index is 8.48. The van der Waals surface area contributed by atoms with Crippen molar-refractivity contribution in [2.45, 2.75) is 5.88 Å².